The maximum Gasteiger partial charge on any atom is 0.251 e. The SMILES string of the molecule is C/C=C/c1cc(C(=O)NCC(=O)NCC)cc(OC)c1OC. The van der Waals surface area contributed by atoms with Crippen LogP contribution < -0.4 is 20.1 Å². The molecular formula is C16H22N2O4. The summed E-state index contributed by atoms with van der Waals surface area (Å²) in [4.78, 5) is 23.6. The fourth-order valence-corrected chi connectivity index (χ4v) is 1.95. The van der Waals surface area contributed by atoms with Gasteiger partial charge >= 0.3 is 0 Å². The molecule has 0 aliphatic carbocycles. The standard InChI is InChI=1S/C16H22N2O4/c1-5-7-11-8-12(9-13(21-3)15(11)22-4)16(20)18-10-14(19)17-6-2/h5,7-9H,6,10H2,1-4H3,(H,17,19)(H,18,20)/b7-5+. The lowest BCUT2D eigenvalue weighted by Gasteiger charge is -2.13. The third-order valence-electron chi connectivity index (χ3n) is 2.90. The highest BCUT2D eigenvalue weighted by molar-refractivity contribution is 5.97. The summed E-state index contributed by atoms with van der Waals surface area (Å²) < 4.78 is 10.6. The van der Waals surface area contributed by atoms with E-state index in [2.05, 4.69) is 10.6 Å². The topological polar surface area (TPSA) is 76.7 Å². The first-order valence-electron chi connectivity index (χ1n) is 7.00. The number of likely N-dealkylation sites (N-methyl/N-ethyl adjacent to an activating group) is 1. The number of benzene rings is 1. The predicted octanol–water partition coefficient (Wildman–Crippen LogP) is 1.60. The molecule has 0 heterocycles. The number of hydrogen-bond donors (Lipinski definition) is 2. The fraction of sp³-hybridized carbons (Fsp3) is 0.375. The zero-order valence-electron chi connectivity index (χ0n) is 13.4. The summed E-state index contributed by atoms with van der Waals surface area (Å²) in [6.45, 7) is 4.14. The monoisotopic (exact) mass is 306 g/mol. The molecule has 0 bridgehead atoms. The van der Waals surface area contributed by atoms with E-state index in [0.717, 1.165) is 5.56 Å². The largest absolute Gasteiger partial charge is 0.493 e. The summed E-state index contributed by atoms with van der Waals surface area (Å²) in [6, 6.07) is 3.27. The van der Waals surface area contributed by atoms with Crippen molar-refractivity contribution in [1.82, 2.24) is 10.6 Å². The summed E-state index contributed by atoms with van der Waals surface area (Å²) in [5.41, 5.74) is 1.13. The average Bonchev–Trinajstić information content (AvgIpc) is 2.52. The van der Waals surface area contributed by atoms with Gasteiger partial charge in [0.05, 0.1) is 20.8 Å². The van der Waals surface area contributed by atoms with Crippen molar-refractivity contribution in [2.75, 3.05) is 27.3 Å². The van der Waals surface area contributed by atoms with Crippen LogP contribution >= 0.6 is 0 Å². The van der Waals surface area contributed by atoms with Crippen LogP contribution in [0.25, 0.3) is 6.08 Å². The van der Waals surface area contributed by atoms with Crippen molar-refractivity contribution in [1.29, 1.82) is 0 Å². The number of hydrogen-bond acceptors (Lipinski definition) is 4. The van der Waals surface area contributed by atoms with Gasteiger partial charge in [0, 0.05) is 17.7 Å². The van der Waals surface area contributed by atoms with Crippen LogP contribution in [0.2, 0.25) is 0 Å². The Labute approximate surface area is 130 Å². The minimum absolute atomic E-state index is 0.0695. The van der Waals surface area contributed by atoms with Crippen molar-refractivity contribution in [3.63, 3.8) is 0 Å². The van der Waals surface area contributed by atoms with Crippen LogP contribution in [0.4, 0.5) is 0 Å². The summed E-state index contributed by atoms with van der Waals surface area (Å²) in [6.07, 6.45) is 3.66. The smallest absolute Gasteiger partial charge is 0.251 e. The first-order valence-corrected chi connectivity index (χ1v) is 7.00. The molecule has 2 N–H and O–H groups in total. The van der Waals surface area contributed by atoms with E-state index in [9.17, 15) is 9.59 Å². The highest BCUT2D eigenvalue weighted by Gasteiger charge is 2.15. The van der Waals surface area contributed by atoms with E-state index in [1.165, 1.54) is 7.11 Å². The molecule has 0 aliphatic heterocycles. The van der Waals surface area contributed by atoms with E-state index in [-0.39, 0.29) is 18.4 Å². The molecule has 0 atom stereocenters. The van der Waals surface area contributed by atoms with Crippen molar-refractivity contribution in [2.45, 2.75) is 13.8 Å². The lowest BCUT2D eigenvalue weighted by molar-refractivity contribution is -0.120. The van der Waals surface area contributed by atoms with E-state index >= 15 is 0 Å². The zero-order valence-corrected chi connectivity index (χ0v) is 13.4. The Morgan fingerprint density at radius 1 is 1.18 bits per heavy atom. The molecule has 120 valence electrons. The van der Waals surface area contributed by atoms with Crippen LogP contribution in [0.1, 0.15) is 29.8 Å². The minimum Gasteiger partial charge on any atom is -0.493 e. The van der Waals surface area contributed by atoms with E-state index in [0.29, 0.717) is 23.6 Å². The highest BCUT2D eigenvalue weighted by atomic mass is 16.5. The molecule has 1 aromatic rings. The second kappa shape index (κ2) is 8.71. The van der Waals surface area contributed by atoms with Crippen molar-refractivity contribution < 1.29 is 19.1 Å². The Hall–Kier alpha value is -2.50. The Balaban J connectivity index is 3.01. The third kappa shape index (κ3) is 4.51. The number of nitrogens with one attached hydrogen (secondary N) is 2. The van der Waals surface area contributed by atoms with Gasteiger partial charge in [-0.2, -0.15) is 0 Å². The number of amides is 2. The molecule has 0 fully saturated rings. The van der Waals surface area contributed by atoms with Crippen molar-refractivity contribution >= 4 is 17.9 Å². The molecule has 6 heteroatoms. The van der Waals surface area contributed by atoms with Gasteiger partial charge < -0.3 is 20.1 Å². The molecule has 1 rings (SSSR count). The summed E-state index contributed by atoms with van der Waals surface area (Å²) in [5.74, 6) is 0.435. The molecular weight excluding hydrogens is 284 g/mol. The summed E-state index contributed by atoms with van der Waals surface area (Å²) in [5, 5.41) is 5.19. The Morgan fingerprint density at radius 2 is 1.91 bits per heavy atom. The number of rotatable bonds is 7. The zero-order chi connectivity index (χ0) is 16.5. The van der Waals surface area contributed by atoms with Gasteiger partial charge in [0.1, 0.15) is 0 Å². The van der Waals surface area contributed by atoms with Gasteiger partial charge in [-0.3, -0.25) is 9.59 Å². The van der Waals surface area contributed by atoms with Crippen LogP contribution in [-0.4, -0.2) is 39.1 Å². The van der Waals surface area contributed by atoms with Crippen molar-refractivity contribution in [2.24, 2.45) is 0 Å². The van der Waals surface area contributed by atoms with Gasteiger partial charge in [0.15, 0.2) is 11.5 Å². The number of ether oxygens (including phenoxy) is 2. The van der Waals surface area contributed by atoms with Crippen LogP contribution in [0, 0.1) is 0 Å². The van der Waals surface area contributed by atoms with Crippen LogP contribution in [0.3, 0.4) is 0 Å². The quantitative estimate of drug-likeness (QED) is 0.802. The maximum absolute atomic E-state index is 12.2. The van der Waals surface area contributed by atoms with Gasteiger partial charge in [-0.05, 0) is 26.0 Å². The maximum atomic E-state index is 12.2. The molecule has 6 nitrogen and oxygen atoms in total. The molecule has 0 saturated carbocycles. The molecule has 1 aromatic carbocycles. The summed E-state index contributed by atoms with van der Waals surface area (Å²) in [7, 11) is 3.05. The third-order valence-corrected chi connectivity index (χ3v) is 2.90. The fourth-order valence-electron chi connectivity index (χ4n) is 1.95. The molecule has 2 amide bonds. The number of allylic oxidation sites excluding steroid dienone is 1. The van der Waals surface area contributed by atoms with Crippen LogP contribution in [0.15, 0.2) is 18.2 Å². The molecule has 22 heavy (non-hydrogen) atoms. The van der Waals surface area contributed by atoms with E-state index in [4.69, 9.17) is 9.47 Å². The van der Waals surface area contributed by atoms with Gasteiger partial charge in [-0.1, -0.05) is 12.2 Å². The molecule has 0 radical (unpaired) electrons. The second-order valence-corrected chi connectivity index (χ2v) is 4.44. The number of carbonyl (C=O) groups is 2. The minimum atomic E-state index is -0.349. The molecule has 0 aromatic heterocycles. The number of methoxy groups -OCH3 is 2. The van der Waals surface area contributed by atoms with Gasteiger partial charge in [-0.25, -0.2) is 0 Å². The van der Waals surface area contributed by atoms with Crippen molar-refractivity contribution in [3.05, 3.63) is 29.3 Å². The van der Waals surface area contributed by atoms with Crippen molar-refractivity contribution in [3.8, 4) is 11.5 Å². The first-order chi connectivity index (χ1) is 10.6. The van der Waals surface area contributed by atoms with E-state index in [1.54, 1.807) is 19.2 Å². The molecule has 0 saturated heterocycles. The van der Waals surface area contributed by atoms with Gasteiger partial charge in [-0.15, -0.1) is 0 Å². The van der Waals surface area contributed by atoms with Crippen LogP contribution in [0.5, 0.6) is 11.5 Å². The molecule has 0 spiro atoms. The lowest BCUT2D eigenvalue weighted by atomic mass is 10.1. The predicted molar refractivity (Wildman–Crippen MR) is 85.3 cm³/mol. The summed E-state index contributed by atoms with van der Waals surface area (Å²) >= 11 is 0. The lowest BCUT2D eigenvalue weighted by Crippen LogP contribution is -2.36. The van der Waals surface area contributed by atoms with Gasteiger partial charge in [0.25, 0.3) is 5.91 Å². The van der Waals surface area contributed by atoms with E-state index < -0.39 is 0 Å². The Kier molecular flexibility index (Phi) is 6.95. The number of carbonyl (C=O) groups excluding carboxylic acids is 2. The normalized spacial score (nSPS) is 10.4. The first kappa shape index (κ1) is 17.6. The Morgan fingerprint density at radius 3 is 2.45 bits per heavy atom. The average molecular weight is 306 g/mol. The van der Waals surface area contributed by atoms with Gasteiger partial charge in [0.2, 0.25) is 5.91 Å². The van der Waals surface area contributed by atoms with E-state index in [1.807, 2.05) is 26.0 Å². The second-order valence-electron chi connectivity index (χ2n) is 4.44. The Bertz CT molecular complexity index is 568. The molecule has 0 aliphatic rings. The highest BCUT2D eigenvalue weighted by Crippen LogP contribution is 2.33. The van der Waals surface area contributed by atoms with Crippen LogP contribution in [-0.2, 0) is 4.79 Å². The molecule has 0 unspecified atom stereocenters.